The molecule has 9 heteroatoms. The van der Waals surface area contributed by atoms with E-state index >= 15 is 0 Å². The van der Waals surface area contributed by atoms with Crippen molar-refractivity contribution < 1.29 is 24.6 Å². The van der Waals surface area contributed by atoms with E-state index < -0.39 is 42.0 Å². The van der Waals surface area contributed by atoms with Crippen molar-refractivity contribution in [3.05, 3.63) is 66.0 Å². The molecule has 45 heavy (non-hydrogen) atoms. The van der Waals surface area contributed by atoms with Gasteiger partial charge in [-0.3, -0.25) is 19.4 Å². The summed E-state index contributed by atoms with van der Waals surface area (Å²) in [5, 5.41) is 31.8. The molecule has 0 bridgehead atoms. The van der Waals surface area contributed by atoms with Crippen molar-refractivity contribution in [1.29, 1.82) is 0 Å². The van der Waals surface area contributed by atoms with Crippen LogP contribution in [0.15, 0.2) is 54.9 Å². The fourth-order valence-electron chi connectivity index (χ4n) is 5.79. The molecule has 0 aliphatic carbocycles. The first-order valence-corrected chi connectivity index (χ1v) is 16.7. The molecule has 0 fully saturated rings. The van der Waals surface area contributed by atoms with Gasteiger partial charge in [0.05, 0.1) is 23.6 Å². The van der Waals surface area contributed by atoms with Gasteiger partial charge in [0.1, 0.15) is 12.1 Å². The number of benzene rings is 1. The zero-order chi connectivity index (χ0) is 33.4. The molecule has 9 nitrogen and oxygen atoms in total. The van der Waals surface area contributed by atoms with Crippen LogP contribution in [0, 0.1) is 23.7 Å². The van der Waals surface area contributed by atoms with Gasteiger partial charge in [0.15, 0.2) is 0 Å². The highest BCUT2D eigenvalue weighted by Gasteiger charge is 2.39. The molecular weight excluding hydrogens is 568 g/mol. The SMILES string of the molecule is CCCC(CCC)CCC(NC(=O)c1cccnc1)C(=O)N[C@@H](Cc1ccccc1)[C@@H](O)[C@H](O)[C@H](C(=O)NCC(C)C)C(C)C. The summed E-state index contributed by atoms with van der Waals surface area (Å²) in [5.74, 6) is -1.70. The number of pyridine rings is 1. The lowest BCUT2D eigenvalue weighted by atomic mass is 9.83. The van der Waals surface area contributed by atoms with Crippen molar-refractivity contribution in [1.82, 2.24) is 20.9 Å². The van der Waals surface area contributed by atoms with Crippen LogP contribution < -0.4 is 16.0 Å². The van der Waals surface area contributed by atoms with Crippen LogP contribution in [-0.2, 0) is 16.0 Å². The maximum absolute atomic E-state index is 14.0. The average Bonchev–Trinajstić information content (AvgIpc) is 3.02. The first-order chi connectivity index (χ1) is 21.5. The second-order valence-electron chi connectivity index (χ2n) is 13.0. The molecule has 5 N–H and O–H groups in total. The lowest BCUT2D eigenvalue weighted by Crippen LogP contribution is -2.58. The maximum atomic E-state index is 14.0. The Kier molecular flexibility index (Phi) is 16.8. The summed E-state index contributed by atoms with van der Waals surface area (Å²) in [5.41, 5.74) is 1.19. The smallest absolute Gasteiger partial charge is 0.253 e. The standard InChI is InChI=1S/C36H56N4O5/c1-7-13-26(14-8-2)18-19-29(39-34(43)28-17-12-20-37-23-28)35(44)40-30(21-27-15-10-9-11-16-27)32(41)33(42)31(25(5)6)36(45)38-22-24(3)4/h9-12,15-17,20,23-26,29-33,41-42H,7-8,13-14,18-19,21-22H2,1-6H3,(H,38,45)(H,39,43)(H,40,44)/t29?,30-,31+,32+,33+/m0/s1. The highest BCUT2D eigenvalue weighted by atomic mass is 16.3. The molecule has 1 heterocycles. The molecule has 0 aliphatic rings. The van der Waals surface area contributed by atoms with Gasteiger partial charge in [-0.2, -0.15) is 0 Å². The van der Waals surface area contributed by atoms with E-state index in [-0.39, 0.29) is 24.2 Å². The summed E-state index contributed by atoms with van der Waals surface area (Å²) in [6.45, 7) is 12.4. The van der Waals surface area contributed by atoms with Crippen molar-refractivity contribution in [3.63, 3.8) is 0 Å². The molecule has 1 aromatic carbocycles. The topological polar surface area (TPSA) is 141 Å². The van der Waals surface area contributed by atoms with Crippen LogP contribution in [0.3, 0.4) is 0 Å². The van der Waals surface area contributed by atoms with Crippen molar-refractivity contribution in [2.75, 3.05) is 6.54 Å². The third-order valence-electron chi connectivity index (χ3n) is 8.26. The molecule has 0 spiro atoms. The minimum Gasteiger partial charge on any atom is -0.390 e. The van der Waals surface area contributed by atoms with Crippen LogP contribution in [0.4, 0.5) is 0 Å². The fraction of sp³-hybridized carbons (Fsp3) is 0.611. The van der Waals surface area contributed by atoms with E-state index in [9.17, 15) is 24.6 Å². The number of hydrogen-bond donors (Lipinski definition) is 5. The number of hydrogen-bond acceptors (Lipinski definition) is 6. The third-order valence-corrected chi connectivity index (χ3v) is 8.26. The Morgan fingerprint density at radius 3 is 2.02 bits per heavy atom. The second-order valence-corrected chi connectivity index (χ2v) is 13.0. The summed E-state index contributed by atoms with van der Waals surface area (Å²) < 4.78 is 0. The van der Waals surface area contributed by atoms with Crippen molar-refractivity contribution >= 4 is 17.7 Å². The summed E-state index contributed by atoms with van der Waals surface area (Å²) in [6, 6.07) is 10.9. The number of aliphatic hydroxyl groups is 2. The lowest BCUT2D eigenvalue weighted by molar-refractivity contribution is -0.136. The molecule has 3 amide bonds. The number of nitrogens with one attached hydrogen (secondary N) is 3. The molecule has 1 unspecified atom stereocenters. The van der Waals surface area contributed by atoms with Crippen LogP contribution in [0.2, 0.25) is 0 Å². The molecule has 0 saturated carbocycles. The van der Waals surface area contributed by atoms with Gasteiger partial charge < -0.3 is 26.2 Å². The van der Waals surface area contributed by atoms with E-state index in [0.717, 1.165) is 37.7 Å². The largest absolute Gasteiger partial charge is 0.390 e. The summed E-state index contributed by atoms with van der Waals surface area (Å²) >= 11 is 0. The molecule has 2 aromatic rings. The van der Waals surface area contributed by atoms with Gasteiger partial charge in [-0.1, -0.05) is 97.6 Å². The van der Waals surface area contributed by atoms with Crippen molar-refractivity contribution in [2.24, 2.45) is 23.7 Å². The minimum absolute atomic E-state index is 0.223. The Balaban J connectivity index is 2.36. The van der Waals surface area contributed by atoms with Gasteiger partial charge in [-0.25, -0.2) is 0 Å². The van der Waals surface area contributed by atoms with E-state index in [4.69, 9.17) is 0 Å². The van der Waals surface area contributed by atoms with Gasteiger partial charge in [0.25, 0.3) is 5.91 Å². The zero-order valence-corrected chi connectivity index (χ0v) is 28.0. The first kappa shape index (κ1) is 37.9. The van der Waals surface area contributed by atoms with E-state index in [2.05, 4.69) is 34.8 Å². The molecule has 0 aliphatic heterocycles. The molecule has 1 aromatic heterocycles. The first-order valence-electron chi connectivity index (χ1n) is 16.7. The van der Waals surface area contributed by atoms with Gasteiger partial charge >= 0.3 is 0 Å². The number of amides is 3. The normalized spacial score (nSPS) is 14.9. The fourth-order valence-corrected chi connectivity index (χ4v) is 5.79. The molecule has 0 radical (unpaired) electrons. The number of aliphatic hydroxyl groups excluding tert-OH is 2. The van der Waals surface area contributed by atoms with E-state index in [0.29, 0.717) is 24.4 Å². The summed E-state index contributed by atoms with van der Waals surface area (Å²) in [6.07, 6.45) is 5.70. The second kappa shape index (κ2) is 20.0. The lowest BCUT2D eigenvalue weighted by Gasteiger charge is -2.34. The molecule has 0 saturated heterocycles. The number of carbonyl (C=O) groups is 3. The van der Waals surface area contributed by atoms with Crippen LogP contribution in [-0.4, -0.2) is 63.8 Å². The number of aromatic nitrogens is 1. The number of rotatable bonds is 20. The Hall–Kier alpha value is -3.30. The monoisotopic (exact) mass is 624 g/mol. The Bertz CT molecular complexity index is 1140. The highest BCUT2D eigenvalue weighted by molar-refractivity contribution is 5.97. The van der Waals surface area contributed by atoms with Gasteiger partial charge in [0.2, 0.25) is 11.8 Å². The van der Waals surface area contributed by atoms with Crippen molar-refractivity contribution in [2.45, 2.75) is 111 Å². The molecule has 2 rings (SSSR count). The van der Waals surface area contributed by atoms with E-state index in [1.807, 2.05) is 58.0 Å². The van der Waals surface area contributed by atoms with Gasteiger partial charge in [-0.05, 0) is 54.7 Å². The maximum Gasteiger partial charge on any atom is 0.253 e. The summed E-state index contributed by atoms with van der Waals surface area (Å²) in [7, 11) is 0. The Labute approximate surface area is 270 Å². The van der Waals surface area contributed by atoms with Crippen LogP contribution >= 0.6 is 0 Å². The number of nitrogens with zero attached hydrogens (tertiary/aromatic N) is 1. The van der Waals surface area contributed by atoms with E-state index in [1.165, 1.54) is 6.20 Å². The number of carbonyl (C=O) groups excluding carboxylic acids is 3. The predicted octanol–water partition coefficient (Wildman–Crippen LogP) is 4.67. The van der Waals surface area contributed by atoms with Crippen LogP contribution in [0.25, 0.3) is 0 Å². The Morgan fingerprint density at radius 2 is 1.47 bits per heavy atom. The zero-order valence-electron chi connectivity index (χ0n) is 28.0. The molecule has 250 valence electrons. The van der Waals surface area contributed by atoms with Crippen LogP contribution in [0.1, 0.15) is 96.0 Å². The highest BCUT2D eigenvalue weighted by Crippen LogP contribution is 2.23. The van der Waals surface area contributed by atoms with Gasteiger partial charge in [0, 0.05) is 18.9 Å². The average molecular weight is 625 g/mol. The van der Waals surface area contributed by atoms with Gasteiger partial charge in [-0.15, -0.1) is 0 Å². The predicted molar refractivity (Wildman–Crippen MR) is 178 cm³/mol. The summed E-state index contributed by atoms with van der Waals surface area (Å²) in [4.78, 5) is 44.3. The van der Waals surface area contributed by atoms with Crippen molar-refractivity contribution in [3.8, 4) is 0 Å². The van der Waals surface area contributed by atoms with Crippen LogP contribution in [0.5, 0.6) is 0 Å². The Morgan fingerprint density at radius 1 is 0.800 bits per heavy atom. The molecular formula is C36H56N4O5. The minimum atomic E-state index is -1.45. The molecule has 5 atom stereocenters. The van der Waals surface area contributed by atoms with E-state index in [1.54, 1.807) is 18.3 Å². The third kappa shape index (κ3) is 12.9. The quantitative estimate of drug-likeness (QED) is 0.145.